The number of nitrogens with zero attached hydrogens (tertiary/aromatic N) is 4. The second-order valence-electron chi connectivity index (χ2n) is 5.78. The first kappa shape index (κ1) is 19.4. The summed E-state index contributed by atoms with van der Waals surface area (Å²) < 4.78 is 5.32. The third kappa shape index (κ3) is 5.87. The minimum atomic E-state index is -0.568. The fraction of sp³-hybridized carbons (Fsp3) is 0.353. The van der Waals surface area contributed by atoms with Crippen LogP contribution < -0.4 is 5.73 Å². The summed E-state index contributed by atoms with van der Waals surface area (Å²) in [5, 5.41) is 10.1. The molecular formula is C17H21N5O4. The van der Waals surface area contributed by atoms with Crippen molar-refractivity contribution in [2.75, 3.05) is 25.9 Å². The standard InChI is InChI=1S/C11H17N3O.C6H4N2O3/c1-15-11-4-5-14(8-11)7-10-3-2-9(12)6-13-10;9-4-5-1-2-6(3-7-5)8(10)11/h2-3,6,11H,4-5,7-8,12H2,1H3;1-4H. The summed E-state index contributed by atoms with van der Waals surface area (Å²) in [5.74, 6) is 0. The van der Waals surface area contributed by atoms with Crippen molar-refractivity contribution in [1.82, 2.24) is 14.9 Å². The van der Waals surface area contributed by atoms with E-state index in [0.717, 1.165) is 43.6 Å². The number of hydrogen-bond donors (Lipinski definition) is 1. The zero-order chi connectivity index (χ0) is 18.9. The summed E-state index contributed by atoms with van der Waals surface area (Å²) in [4.78, 5) is 29.7. The van der Waals surface area contributed by atoms with E-state index in [1.807, 2.05) is 12.1 Å². The van der Waals surface area contributed by atoms with Crippen LogP contribution in [-0.2, 0) is 11.3 Å². The van der Waals surface area contributed by atoms with E-state index in [1.54, 1.807) is 13.3 Å². The molecule has 9 nitrogen and oxygen atoms in total. The van der Waals surface area contributed by atoms with Crippen molar-refractivity contribution in [3.63, 3.8) is 0 Å². The number of anilines is 1. The quantitative estimate of drug-likeness (QED) is 0.486. The lowest BCUT2D eigenvalue weighted by Crippen LogP contribution is -2.22. The van der Waals surface area contributed by atoms with Crippen molar-refractivity contribution in [2.24, 2.45) is 0 Å². The second kappa shape index (κ2) is 9.54. The number of carbonyl (C=O) groups excluding carboxylic acids is 1. The number of methoxy groups -OCH3 is 1. The molecule has 0 aliphatic carbocycles. The Morgan fingerprint density at radius 2 is 2.15 bits per heavy atom. The number of aldehydes is 1. The molecule has 0 bridgehead atoms. The van der Waals surface area contributed by atoms with Gasteiger partial charge in [-0.1, -0.05) is 0 Å². The maximum Gasteiger partial charge on any atom is 0.287 e. The number of aromatic nitrogens is 2. The minimum absolute atomic E-state index is 0.115. The molecule has 0 spiro atoms. The fourth-order valence-corrected chi connectivity index (χ4v) is 2.47. The summed E-state index contributed by atoms with van der Waals surface area (Å²) >= 11 is 0. The highest BCUT2D eigenvalue weighted by Gasteiger charge is 2.21. The molecule has 0 radical (unpaired) electrons. The molecule has 3 rings (SSSR count). The molecule has 0 aromatic carbocycles. The van der Waals surface area contributed by atoms with Crippen LogP contribution in [0, 0.1) is 10.1 Å². The molecule has 0 amide bonds. The molecule has 1 fully saturated rings. The highest BCUT2D eigenvalue weighted by molar-refractivity contribution is 5.71. The number of pyridine rings is 2. The number of ether oxygens (including phenoxy) is 1. The van der Waals surface area contributed by atoms with Gasteiger partial charge in [0.25, 0.3) is 5.69 Å². The first-order valence-corrected chi connectivity index (χ1v) is 8.03. The molecule has 1 atom stereocenters. The summed E-state index contributed by atoms with van der Waals surface area (Å²) in [6.45, 7) is 2.98. The number of nitrogen functional groups attached to an aromatic ring is 1. The van der Waals surface area contributed by atoms with E-state index in [9.17, 15) is 14.9 Å². The first-order chi connectivity index (χ1) is 12.5. The molecule has 2 N–H and O–H groups in total. The highest BCUT2D eigenvalue weighted by atomic mass is 16.6. The Balaban J connectivity index is 0.000000197. The van der Waals surface area contributed by atoms with Gasteiger partial charge in [0.15, 0.2) is 6.29 Å². The summed E-state index contributed by atoms with van der Waals surface area (Å²) in [6.07, 6.45) is 4.79. The Morgan fingerprint density at radius 3 is 2.65 bits per heavy atom. The maximum atomic E-state index is 10.1. The predicted molar refractivity (Wildman–Crippen MR) is 95.6 cm³/mol. The maximum absolute atomic E-state index is 10.1. The minimum Gasteiger partial charge on any atom is -0.397 e. The lowest BCUT2D eigenvalue weighted by molar-refractivity contribution is -0.385. The second-order valence-corrected chi connectivity index (χ2v) is 5.78. The van der Waals surface area contributed by atoms with Gasteiger partial charge in [-0.05, 0) is 24.6 Å². The monoisotopic (exact) mass is 359 g/mol. The molecule has 1 saturated heterocycles. The summed E-state index contributed by atoms with van der Waals surface area (Å²) in [5.41, 5.74) is 7.45. The third-order valence-corrected chi connectivity index (χ3v) is 3.90. The van der Waals surface area contributed by atoms with Crippen molar-refractivity contribution >= 4 is 17.7 Å². The molecule has 2 aromatic heterocycles. The molecular weight excluding hydrogens is 338 g/mol. The van der Waals surface area contributed by atoms with Crippen LogP contribution in [0.4, 0.5) is 11.4 Å². The van der Waals surface area contributed by atoms with E-state index in [1.165, 1.54) is 12.1 Å². The van der Waals surface area contributed by atoms with Gasteiger partial charge in [-0.3, -0.25) is 24.8 Å². The molecule has 1 aliphatic heterocycles. The van der Waals surface area contributed by atoms with Gasteiger partial charge < -0.3 is 10.5 Å². The predicted octanol–water partition coefficient (Wildman–Crippen LogP) is 1.69. The Morgan fingerprint density at radius 1 is 1.35 bits per heavy atom. The van der Waals surface area contributed by atoms with E-state index in [4.69, 9.17) is 10.5 Å². The van der Waals surface area contributed by atoms with Crippen molar-refractivity contribution in [3.05, 3.63) is 58.2 Å². The lowest BCUT2D eigenvalue weighted by Gasteiger charge is -2.14. The Bertz CT molecular complexity index is 721. The summed E-state index contributed by atoms with van der Waals surface area (Å²) in [7, 11) is 1.77. The average molecular weight is 359 g/mol. The smallest absolute Gasteiger partial charge is 0.287 e. The van der Waals surface area contributed by atoms with Crippen LogP contribution in [0.15, 0.2) is 36.7 Å². The van der Waals surface area contributed by atoms with Crippen LogP contribution in [0.2, 0.25) is 0 Å². The normalized spacial score (nSPS) is 16.6. The third-order valence-electron chi connectivity index (χ3n) is 3.90. The SMILES string of the molecule is COC1CCN(Cc2ccc(N)cn2)C1.O=Cc1ccc([N+](=O)[O-])cn1. The lowest BCUT2D eigenvalue weighted by atomic mass is 10.3. The van der Waals surface area contributed by atoms with Crippen molar-refractivity contribution in [1.29, 1.82) is 0 Å². The number of carbonyl (C=O) groups is 1. The van der Waals surface area contributed by atoms with Gasteiger partial charge >= 0.3 is 0 Å². The fourth-order valence-electron chi connectivity index (χ4n) is 2.47. The van der Waals surface area contributed by atoms with E-state index >= 15 is 0 Å². The van der Waals surface area contributed by atoms with Gasteiger partial charge in [0.1, 0.15) is 11.9 Å². The van der Waals surface area contributed by atoms with Crippen molar-refractivity contribution in [2.45, 2.75) is 19.1 Å². The Kier molecular flexibility index (Phi) is 7.12. The largest absolute Gasteiger partial charge is 0.397 e. The molecule has 1 aliphatic rings. The zero-order valence-corrected chi connectivity index (χ0v) is 14.4. The first-order valence-electron chi connectivity index (χ1n) is 8.03. The number of rotatable bonds is 5. The van der Waals surface area contributed by atoms with Crippen LogP contribution in [0.25, 0.3) is 0 Å². The van der Waals surface area contributed by atoms with E-state index in [0.29, 0.717) is 12.4 Å². The van der Waals surface area contributed by atoms with Gasteiger partial charge in [0.2, 0.25) is 0 Å². The molecule has 0 saturated carbocycles. The number of nitrogens with two attached hydrogens (primary N) is 1. The number of likely N-dealkylation sites (tertiary alicyclic amines) is 1. The van der Waals surface area contributed by atoms with E-state index in [2.05, 4.69) is 14.9 Å². The average Bonchev–Trinajstić information content (AvgIpc) is 3.12. The molecule has 1 unspecified atom stereocenters. The highest BCUT2D eigenvalue weighted by Crippen LogP contribution is 2.14. The van der Waals surface area contributed by atoms with Gasteiger partial charge in [-0.25, -0.2) is 4.98 Å². The van der Waals surface area contributed by atoms with Gasteiger partial charge in [0, 0.05) is 32.8 Å². The Labute approximate surface area is 151 Å². The van der Waals surface area contributed by atoms with Crippen molar-refractivity contribution in [3.8, 4) is 0 Å². The van der Waals surface area contributed by atoms with Crippen LogP contribution in [-0.4, -0.2) is 52.4 Å². The van der Waals surface area contributed by atoms with Crippen molar-refractivity contribution < 1.29 is 14.5 Å². The number of hydrogen-bond acceptors (Lipinski definition) is 8. The van der Waals surface area contributed by atoms with Gasteiger partial charge in [0.05, 0.1) is 28.6 Å². The van der Waals surface area contributed by atoms with Gasteiger partial charge in [-0.2, -0.15) is 0 Å². The van der Waals surface area contributed by atoms with E-state index < -0.39 is 4.92 Å². The van der Waals surface area contributed by atoms with E-state index in [-0.39, 0.29) is 11.4 Å². The van der Waals surface area contributed by atoms with Crippen LogP contribution in [0.3, 0.4) is 0 Å². The van der Waals surface area contributed by atoms with Crippen LogP contribution in [0.5, 0.6) is 0 Å². The molecule has 26 heavy (non-hydrogen) atoms. The molecule has 9 heteroatoms. The molecule has 2 aromatic rings. The topological polar surface area (TPSA) is 124 Å². The summed E-state index contributed by atoms with van der Waals surface area (Å²) in [6, 6.07) is 6.41. The molecule has 3 heterocycles. The van der Waals surface area contributed by atoms with Crippen LogP contribution in [0.1, 0.15) is 22.6 Å². The molecule has 138 valence electrons. The van der Waals surface area contributed by atoms with Crippen LogP contribution >= 0.6 is 0 Å². The Hall–Kier alpha value is -2.91. The number of nitro groups is 1. The van der Waals surface area contributed by atoms with Gasteiger partial charge in [-0.15, -0.1) is 0 Å². The zero-order valence-electron chi connectivity index (χ0n) is 14.4.